The van der Waals surface area contributed by atoms with Gasteiger partial charge in [-0.3, -0.25) is 0 Å². The van der Waals surface area contributed by atoms with Crippen molar-refractivity contribution >= 4 is 0 Å². The lowest BCUT2D eigenvalue weighted by Crippen LogP contribution is -1.91. The quantitative estimate of drug-likeness (QED) is 0.857. The van der Waals surface area contributed by atoms with Crippen LogP contribution >= 0.6 is 0 Å². The molecule has 3 heteroatoms. The van der Waals surface area contributed by atoms with Gasteiger partial charge in [0.1, 0.15) is 17.3 Å². The molecule has 0 aliphatic carbocycles. The molecule has 16 heavy (non-hydrogen) atoms. The van der Waals surface area contributed by atoms with Crippen molar-refractivity contribution in [2.75, 3.05) is 0 Å². The standard InChI is InChI=1S/C13H11FO2/c14-13-7-6-12(8-10(13)9-15)16-11-4-2-1-3-5-11/h1-8,15H,9H2. The number of aliphatic hydroxyl groups excluding tert-OH is 1. The largest absolute Gasteiger partial charge is 0.457 e. The average Bonchev–Trinajstić information content (AvgIpc) is 2.33. The molecule has 0 saturated heterocycles. The predicted molar refractivity (Wildman–Crippen MR) is 58.8 cm³/mol. The second-order valence-corrected chi connectivity index (χ2v) is 3.33. The van der Waals surface area contributed by atoms with Crippen LogP contribution in [0.15, 0.2) is 48.5 Å². The number of hydrogen-bond donors (Lipinski definition) is 1. The minimum absolute atomic E-state index is 0.230. The summed E-state index contributed by atoms with van der Waals surface area (Å²) < 4.78 is 18.6. The molecule has 0 aliphatic heterocycles. The summed E-state index contributed by atoms with van der Waals surface area (Å²) >= 11 is 0. The van der Waals surface area contributed by atoms with E-state index < -0.39 is 5.82 Å². The van der Waals surface area contributed by atoms with E-state index in [0.717, 1.165) is 0 Å². The lowest BCUT2D eigenvalue weighted by molar-refractivity contribution is 0.275. The summed E-state index contributed by atoms with van der Waals surface area (Å²) in [6.45, 7) is -0.335. The van der Waals surface area contributed by atoms with Crippen LogP contribution in [0.3, 0.4) is 0 Å². The van der Waals surface area contributed by atoms with Gasteiger partial charge in [-0.05, 0) is 30.3 Å². The molecule has 82 valence electrons. The Labute approximate surface area is 92.9 Å². The minimum Gasteiger partial charge on any atom is -0.457 e. The van der Waals surface area contributed by atoms with Gasteiger partial charge in [0.25, 0.3) is 0 Å². The molecule has 0 unspecified atom stereocenters. The second-order valence-electron chi connectivity index (χ2n) is 3.33. The minimum atomic E-state index is -0.428. The van der Waals surface area contributed by atoms with Gasteiger partial charge in [-0.15, -0.1) is 0 Å². The van der Waals surface area contributed by atoms with Crippen molar-refractivity contribution in [2.24, 2.45) is 0 Å². The zero-order valence-corrected chi connectivity index (χ0v) is 8.56. The number of ether oxygens (including phenoxy) is 1. The summed E-state index contributed by atoms with van der Waals surface area (Å²) in [6, 6.07) is 13.5. The molecule has 0 amide bonds. The summed E-state index contributed by atoms with van der Waals surface area (Å²) in [4.78, 5) is 0. The van der Waals surface area contributed by atoms with Gasteiger partial charge < -0.3 is 9.84 Å². The Bertz CT molecular complexity index is 469. The van der Waals surface area contributed by atoms with Gasteiger partial charge in [0.15, 0.2) is 0 Å². The van der Waals surface area contributed by atoms with Crippen molar-refractivity contribution in [3.8, 4) is 11.5 Å². The highest BCUT2D eigenvalue weighted by molar-refractivity contribution is 5.34. The fourth-order valence-corrected chi connectivity index (χ4v) is 1.36. The molecule has 2 aromatic carbocycles. The Hall–Kier alpha value is -1.87. The van der Waals surface area contributed by atoms with E-state index in [-0.39, 0.29) is 12.2 Å². The van der Waals surface area contributed by atoms with Crippen molar-refractivity contribution in [2.45, 2.75) is 6.61 Å². The van der Waals surface area contributed by atoms with Crippen LogP contribution in [0, 0.1) is 5.82 Å². The van der Waals surface area contributed by atoms with Crippen LogP contribution in [0.1, 0.15) is 5.56 Å². The number of aliphatic hydroxyl groups is 1. The molecule has 0 aromatic heterocycles. The van der Waals surface area contributed by atoms with Crippen LogP contribution in [0.25, 0.3) is 0 Å². The van der Waals surface area contributed by atoms with E-state index in [9.17, 15) is 4.39 Å². The second kappa shape index (κ2) is 4.77. The molecule has 0 saturated carbocycles. The van der Waals surface area contributed by atoms with E-state index in [0.29, 0.717) is 11.5 Å². The van der Waals surface area contributed by atoms with Crippen molar-refractivity contribution in [1.29, 1.82) is 0 Å². The predicted octanol–water partition coefficient (Wildman–Crippen LogP) is 3.11. The maximum atomic E-state index is 13.1. The van der Waals surface area contributed by atoms with Crippen LogP contribution in [0.4, 0.5) is 4.39 Å². The van der Waals surface area contributed by atoms with Crippen LogP contribution in [-0.2, 0) is 6.61 Å². The van der Waals surface area contributed by atoms with Crippen LogP contribution in [0.5, 0.6) is 11.5 Å². The van der Waals surface area contributed by atoms with Crippen LogP contribution in [-0.4, -0.2) is 5.11 Å². The first-order valence-corrected chi connectivity index (χ1v) is 4.92. The Morgan fingerprint density at radius 1 is 1.00 bits per heavy atom. The lowest BCUT2D eigenvalue weighted by atomic mass is 10.2. The van der Waals surface area contributed by atoms with E-state index in [4.69, 9.17) is 9.84 Å². The first-order chi connectivity index (χ1) is 7.79. The third kappa shape index (κ3) is 2.38. The molecule has 1 N–H and O–H groups in total. The fourth-order valence-electron chi connectivity index (χ4n) is 1.36. The zero-order chi connectivity index (χ0) is 11.4. The number of hydrogen-bond acceptors (Lipinski definition) is 2. The Kier molecular flexibility index (Phi) is 3.17. The average molecular weight is 218 g/mol. The van der Waals surface area contributed by atoms with Gasteiger partial charge in [-0.25, -0.2) is 4.39 Å². The summed E-state index contributed by atoms with van der Waals surface area (Å²) in [5.74, 6) is 0.762. The summed E-state index contributed by atoms with van der Waals surface area (Å²) in [7, 11) is 0. The number of halogens is 1. The van der Waals surface area contributed by atoms with E-state index in [1.54, 1.807) is 0 Å². The monoisotopic (exact) mass is 218 g/mol. The van der Waals surface area contributed by atoms with Gasteiger partial charge in [0, 0.05) is 5.56 Å². The zero-order valence-electron chi connectivity index (χ0n) is 8.56. The Morgan fingerprint density at radius 2 is 1.75 bits per heavy atom. The molecule has 0 spiro atoms. The van der Waals surface area contributed by atoms with Gasteiger partial charge in [0.05, 0.1) is 6.61 Å². The van der Waals surface area contributed by atoms with Crippen molar-refractivity contribution < 1.29 is 14.2 Å². The SMILES string of the molecule is OCc1cc(Oc2ccccc2)ccc1F. The topological polar surface area (TPSA) is 29.5 Å². The molecule has 0 fully saturated rings. The third-order valence-corrected chi connectivity index (χ3v) is 2.17. The van der Waals surface area contributed by atoms with E-state index in [1.165, 1.54) is 18.2 Å². The number of benzene rings is 2. The first kappa shape index (κ1) is 10.6. The lowest BCUT2D eigenvalue weighted by Gasteiger charge is -2.07. The smallest absolute Gasteiger partial charge is 0.128 e. The van der Waals surface area contributed by atoms with Crippen molar-refractivity contribution in [3.05, 3.63) is 59.9 Å². The maximum absolute atomic E-state index is 13.1. The van der Waals surface area contributed by atoms with Gasteiger partial charge in [-0.1, -0.05) is 18.2 Å². The highest BCUT2D eigenvalue weighted by Crippen LogP contribution is 2.23. The molecular weight excluding hydrogens is 207 g/mol. The highest BCUT2D eigenvalue weighted by atomic mass is 19.1. The van der Waals surface area contributed by atoms with E-state index >= 15 is 0 Å². The van der Waals surface area contributed by atoms with Gasteiger partial charge >= 0.3 is 0 Å². The molecular formula is C13H11FO2. The van der Waals surface area contributed by atoms with E-state index in [2.05, 4.69) is 0 Å². The molecule has 2 aromatic rings. The Balaban J connectivity index is 2.22. The fraction of sp³-hybridized carbons (Fsp3) is 0.0769. The Morgan fingerprint density at radius 3 is 2.44 bits per heavy atom. The van der Waals surface area contributed by atoms with Crippen LogP contribution < -0.4 is 4.74 Å². The van der Waals surface area contributed by atoms with Gasteiger partial charge in [0.2, 0.25) is 0 Å². The summed E-state index contributed by atoms with van der Waals surface area (Å²) in [5.41, 5.74) is 0.230. The van der Waals surface area contributed by atoms with Crippen molar-refractivity contribution in [1.82, 2.24) is 0 Å². The van der Waals surface area contributed by atoms with E-state index in [1.807, 2.05) is 30.3 Å². The summed E-state index contributed by atoms with van der Waals surface area (Å²) in [5, 5.41) is 8.91. The van der Waals surface area contributed by atoms with Crippen molar-refractivity contribution in [3.63, 3.8) is 0 Å². The molecule has 2 rings (SSSR count). The third-order valence-electron chi connectivity index (χ3n) is 2.17. The summed E-state index contributed by atoms with van der Waals surface area (Å²) in [6.07, 6.45) is 0. The van der Waals surface area contributed by atoms with Gasteiger partial charge in [-0.2, -0.15) is 0 Å². The van der Waals surface area contributed by atoms with Crippen LogP contribution in [0.2, 0.25) is 0 Å². The number of para-hydroxylation sites is 1. The molecule has 0 heterocycles. The molecule has 0 aliphatic rings. The molecule has 0 atom stereocenters. The molecule has 0 bridgehead atoms. The highest BCUT2D eigenvalue weighted by Gasteiger charge is 2.03. The number of rotatable bonds is 3. The first-order valence-electron chi connectivity index (χ1n) is 4.92. The normalized spacial score (nSPS) is 10.1. The molecule has 0 radical (unpaired) electrons. The molecule has 2 nitrogen and oxygen atoms in total. The maximum Gasteiger partial charge on any atom is 0.128 e.